The molecule has 31 heavy (non-hydrogen) atoms. The summed E-state index contributed by atoms with van der Waals surface area (Å²) in [6, 6.07) is 16.5. The van der Waals surface area contributed by atoms with Gasteiger partial charge in [-0.25, -0.2) is 4.98 Å². The maximum absolute atomic E-state index is 12.4. The Kier molecular flexibility index (Phi) is 6.91. The number of carbonyl (C=O) groups is 2. The summed E-state index contributed by atoms with van der Waals surface area (Å²) < 4.78 is 0. The van der Waals surface area contributed by atoms with Crippen LogP contribution in [-0.4, -0.2) is 23.3 Å². The van der Waals surface area contributed by atoms with E-state index < -0.39 is 5.41 Å². The molecule has 0 atom stereocenters. The van der Waals surface area contributed by atoms with Crippen molar-refractivity contribution in [1.29, 1.82) is 0 Å². The average molecular weight is 436 g/mol. The third-order valence-electron chi connectivity index (χ3n) is 4.83. The van der Waals surface area contributed by atoms with Gasteiger partial charge in [-0.3, -0.25) is 9.59 Å². The molecule has 0 unspecified atom stereocenters. The summed E-state index contributed by atoms with van der Waals surface area (Å²) >= 11 is 1.46. The fourth-order valence-corrected chi connectivity index (χ4v) is 3.93. The van der Waals surface area contributed by atoms with Gasteiger partial charge >= 0.3 is 0 Å². The van der Waals surface area contributed by atoms with Gasteiger partial charge in [-0.2, -0.15) is 0 Å². The molecule has 2 N–H and O–H groups in total. The highest BCUT2D eigenvalue weighted by Gasteiger charge is 2.21. The Morgan fingerprint density at radius 3 is 2.00 bits per heavy atom. The predicted molar refractivity (Wildman–Crippen MR) is 128 cm³/mol. The number of aromatic nitrogens is 1. The second-order valence-corrected chi connectivity index (χ2v) is 9.73. The summed E-state index contributed by atoms with van der Waals surface area (Å²) in [5, 5.41) is 6.25. The largest absolute Gasteiger partial charge is 0.355 e. The van der Waals surface area contributed by atoms with Crippen LogP contribution in [0.5, 0.6) is 0 Å². The first-order valence-electron chi connectivity index (χ1n) is 10.4. The summed E-state index contributed by atoms with van der Waals surface area (Å²) in [5.74, 6) is -0.244. The van der Waals surface area contributed by atoms with Crippen molar-refractivity contribution in [3.05, 3.63) is 59.7 Å². The topological polar surface area (TPSA) is 71.1 Å². The highest BCUT2D eigenvalue weighted by Crippen LogP contribution is 2.39. The number of nitrogens with zero attached hydrogens (tertiary/aromatic N) is 1. The highest BCUT2D eigenvalue weighted by atomic mass is 32.1. The molecule has 3 rings (SSSR count). The maximum atomic E-state index is 12.4. The molecule has 2 amide bonds. The van der Waals surface area contributed by atoms with Gasteiger partial charge in [0.1, 0.15) is 0 Å². The molecule has 0 radical (unpaired) electrons. The van der Waals surface area contributed by atoms with Crippen LogP contribution in [0, 0.1) is 19.3 Å². The lowest BCUT2D eigenvalue weighted by atomic mass is 9.96. The summed E-state index contributed by atoms with van der Waals surface area (Å²) in [7, 11) is 0. The molecule has 0 spiro atoms. The molecule has 0 bridgehead atoms. The van der Waals surface area contributed by atoms with Crippen molar-refractivity contribution in [3.8, 4) is 21.7 Å². The minimum atomic E-state index is -0.475. The molecule has 0 saturated heterocycles. The van der Waals surface area contributed by atoms with Crippen molar-refractivity contribution in [2.24, 2.45) is 5.41 Å². The number of nitrogens with one attached hydrogen (secondary N) is 2. The molecule has 0 saturated carbocycles. The lowest BCUT2D eigenvalue weighted by Gasteiger charge is -2.17. The number of thiazole rings is 1. The first kappa shape index (κ1) is 22.7. The Labute approximate surface area is 187 Å². The van der Waals surface area contributed by atoms with Crippen LogP contribution in [0.3, 0.4) is 0 Å². The zero-order valence-corrected chi connectivity index (χ0v) is 19.5. The lowest BCUT2D eigenvalue weighted by molar-refractivity contribution is -0.128. The molecule has 0 aliphatic rings. The van der Waals surface area contributed by atoms with Crippen LogP contribution < -0.4 is 10.6 Å². The van der Waals surface area contributed by atoms with Crippen molar-refractivity contribution in [2.75, 3.05) is 11.9 Å². The quantitative estimate of drug-likeness (QED) is 0.531. The summed E-state index contributed by atoms with van der Waals surface area (Å²) in [6.45, 7) is 9.94. The summed E-state index contributed by atoms with van der Waals surface area (Å²) in [5.41, 5.74) is 4.83. The van der Waals surface area contributed by atoms with Gasteiger partial charge in [0, 0.05) is 23.9 Å². The molecule has 162 valence electrons. The van der Waals surface area contributed by atoms with E-state index in [2.05, 4.69) is 73.0 Å². The normalized spacial score (nSPS) is 11.3. The molecule has 0 aliphatic heterocycles. The van der Waals surface area contributed by atoms with E-state index in [0.29, 0.717) is 11.7 Å². The van der Waals surface area contributed by atoms with E-state index in [4.69, 9.17) is 4.98 Å². The van der Waals surface area contributed by atoms with Crippen molar-refractivity contribution in [1.82, 2.24) is 10.3 Å². The van der Waals surface area contributed by atoms with E-state index in [-0.39, 0.29) is 18.2 Å². The van der Waals surface area contributed by atoms with Crippen molar-refractivity contribution in [3.63, 3.8) is 0 Å². The highest BCUT2D eigenvalue weighted by molar-refractivity contribution is 7.19. The predicted octanol–water partition coefficient (Wildman–Crippen LogP) is 5.58. The molecular formula is C25H29N3O2S. The number of rotatable bonds is 6. The van der Waals surface area contributed by atoms with Gasteiger partial charge in [-0.1, -0.05) is 91.8 Å². The number of anilines is 1. The molecule has 1 aromatic heterocycles. The Morgan fingerprint density at radius 1 is 0.903 bits per heavy atom. The Morgan fingerprint density at radius 2 is 1.45 bits per heavy atom. The fourth-order valence-electron chi connectivity index (χ4n) is 2.92. The molecule has 5 nitrogen and oxygen atoms in total. The van der Waals surface area contributed by atoms with Crippen LogP contribution in [0.2, 0.25) is 0 Å². The van der Waals surface area contributed by atoms with Gasteiger partial charge in [0.25, 0.3) is 0 Å². The van der Waals surface area contributed by atoms with E-state index in [1.807, 2.05) is 20.8 Å². The van der Waals surface area contributed by atoms with Gasteiger partial charge in [0.2, 0.25) is 11.8 Å². The van der Waals surface area contributed by atoms with E-state index in [0.717, 1.165) is 21.7 Å². The number of benzene rings is 2. The molecule has 0 fully saturated rings. The third kappa shape index (κ3) is 6.01. The maximum Gasteiger partial charge on any atom is 0.227 e. The second-order valence-electron chi connectivity index (χ2n) is 8.73. The van der Waals surface area contributed by atoms with Gasteiger partial charge in [0.05, 0.1) is 10.6 Å². The fraction of sp³-hybridized carbons (Fsp3) is 0.320. The average Bonchev–Trinajstić information content (AvgIpc) is 3.12. The van der Waals surface area contributed by atoms with Gasteiger partial charge < -0.3 is 10.6 Å². The first-order chi connectivity index (χ1) is 14.6. The zero-order valence-electron chi connectivity index (χ0n) is 18.7. The summed E-state index contributed by atoms with van der Waals surface area (Å²) in [4.78, 5) is 30.1. The number of hydrogen-bond acceptors (Lipinski definition) is 4. The number of amides is 2. The second kappa shape index (κ2) is 9.43. The number of hydrogen-bond donors (Lipinski definition) is 2. The Balaban J connectivity index is 1.79. The van der Waals surface area contributed by atoms with Gasteiger partial charge in [-0.15, -0.1) is 0 Å². The minimum absolute atomic E-state index is 0.0714. The molecule has 0 aliphatic carbocycles. The zero-order chi connectivity index (χ0) is 22.6. The smallest absolute Gasteiger partial charge is 0.227 e. The van der Waals surface area contributed by atoms with Crippen LogP contribution in [0.4, 0.5) is 5.13 Å². The van der Waals surface area contributed by atoms with Crippen molar-refractivity contribution < 1.29 is 9.59 Å². The van der Waals surface area contributed by atoms with Crippen LogP contribution in [0.15, 0.2) is 48.5 Å². The van der Waals surface area contributed by atoms with E-state index in [1.165, 1.54) is 22.5 Å². The standard InChI is InChI=1S/C25H29N3O2S/c1-16-6-10-18(11-7-16)21-22(19-12-8-17(2)9-13-19)31-24(28-21)27-20(29)14-15-26-23(30)25(3,4)5/h6-13H,14-15H2,1-5H3,(H,26,30)(H,27,28,29). The van der Waals surface area contributed by atoms with Crippen molar-refractivity contribution >= 4 is 28.3 Å². The molecule has 6 heteroatoms. The summed E-state index contributed by atoms with van der Waals surface area (Å²) in [6.07, 6.45) is 0.196. The third-order valence-corrected chi connectivity index (χ3v) is 5.85. The number of aryl methyl sites for hydroxylation is 2. The molecule has 2 aromatic carbocycles. The Hall–Kier alpha value is -2.99. The van der Waals surface area contributed by atoms with E-state index in [9.17, 15) is 9.59 Å². The lowest BCUT2D eigenvalue weighted by Crippen LogP contribution is -2.36. The Bertz CT molecular complexity index is 999. The molecule has 1 heterocycles. The minimum Gasteiger partial charge on any atom is -0.355 e. The molecular weight excluding hydrogens is 406 g/mol. The van der Waals surface area contributed by atoms with Crippen LogP contribution in [0.25, 0.3) is 21.7 Å². The SMILES string of the molecule is Cc1ccc(-c2nc(NC(=O)CCNC(=O)C(C)(C)C)sc2-c2ccc(C)cc2)cc1. The van der Waals surface area contributed by atoms with Crippen LogP contribution in [0.1, 0.15) is 38.3 Å². The van der Waals surface area contributed by atoms with Crippen molar-refractivity contribution in [2.45, 2.75) is 41.0 Å². The van der Waals surface area contributed by atoms with E-state index >= 15 is 0 Å². The monoisotopic (exact) mass is 435 g/mol. The number of carbonyl (C=O) groups excluding carboxylic acids is 2. The van der Waals surface area contributed by atoms with Gasteiger partial charge in [0.15, 0.2) is 5.13 Å². The van der Waals surface area contributed by atoms with E-state index in [1.54, 1.807) is 0 Å². The van der Waals surface area contributed by atoms with Gasteiger partial charge in [-0.05, 0) is 19.4 Å². The van der Waals surface area contributed by atoms with Crippen LogP contribution >= 0.6 is 11.3 Å². The first-order valence-corrected chi connectivity index (χ1v) is 11.2. The van der Waals surface area contributed by atoms with Crippen LogP contribution in [-0.2, 0) is 9.59 Å². The molecule has 3 aromatic rings.